The molecule has 1 aliphatic carbocycles. The molecule has 2 aliphatic heterocycles. The van der Waals surface area contributed by atoms with Crippen LogP contribution >= 0.6 is 0 Å². The molecule has 2 heterocycles. The Morgan fingerprint density at radius 3 is 2.68 bits per heavy atom. The topological polar surface area (TPSA) is 89.9 Å². The maximum atomic E-state index is 12.8. The lowest BCUT2D eigenvalue weighted by Crippen LogP contribution is -2.44. The van der Waals surface area contributed by atoms with E-state index in [0.29, 0.717) is 0 Å². The highest BCUT2D eigenvalue weighted by molar-refractivity contribution is 6.28. The molecule has 0 unspecified atom stereocenters. The summed E-state index contributed by atoms with van der Waals surface area (Å²) in [5.41, 5.74) is 0.497. The molecule has 6 heteroatoms. The zero-order valence-corrected chi connectivity index (χ0v) is 11.7. The first-order valence-corrected chi connectivity index (χ1v) is 6.99. The molecular formula is C16H12O6. The van der Waals surface area contributed by atoms with Crippen LogP contribution in [0.5, 0.6) is 5.75 Å². The van der Waals surface area contributed by atoms with Gasteiger partial charge in [0.25, 0.3) is 0 Å². The van der Waals surface area contributed by atoms with Crippen molar-refractivity contribution in [2.75, 3.05) is 0 Å². The number of phenols is 1. The molecule has 3 aliphatic rings. The first-order chi connectivity index (χ1) is 10.5. The van der Waals surface area contributed by atoms with Gasteiger partial charge in [0.15, 0.2) is 17.7 Å². The molecule has 0 spiro atoms. The summed E-state index contributed by atoms with van der Waals surface area (Å²) in [6, 6.07) is 4.36. The third-order valence-electron chi connectivity index (χ3n) is 4.33. The van der Waals surface area contributed by atoms with Crippen molar-refractivity contribution >= 4 is 17.5 Å². The van der Waals surface area contributed by atoms with Crippen LogP contribution in [0.2, 0.25) is 0 Å². The van der Waals surface area contributed by atoms with E-state index in [2.05, 4.69) is 0 Å². The van der Waals surface area contributed by atoms with Crippen molar-refractivity contribution < 1.29 is 29.0 Å². The Kier molecular flexibility index (Phi) is 2.56. The first kappa shape index (κ1) is 13.2. The highest BCUT2D eigenvalue weighted by Crippen LogP contribution is 2.42. The van der Waals surface area contributed by atoms with Crippen molar-refractivity contribution in [3.63, 3.8) is 0 Å². The number of phenolic OH excluding ortho intramolecular Hbond substituents is 1. The van der Waals surface area contributed by atoms with Crippen molar-refractivity contribution in [3.05, 3.63) is 40.5 Å². The lowest BCUT2D eigenvalue weighted by atomic mass is 9.77. The number of fused-ring (bicyclic) bond motifs is 3. The van der Waals surface area contributed by atoms with E-state index in [1.165, 1.54) is 18.2 Å². The van der Waals surface area contributed by atoms with Gasteiger partial charge < -0.3 is 14.6 Å². The van der Waals surface area contributed by atoms with E-state index >= 15 is 0 Å². The second kappa shape index (κ2) is 4.27. The summed E-state index contributed by atoms with van der Waals surface area (Å²) in [6.45, 7) is 1.66. The molecule has 1 fully saturated rings. The summed E-state index contributed by atoms with van der Waals surface area (Å²) in [5, 5.41) is 9.93. The van der Waals surface area contributed by atoms with Crippen LogP contribution in [0, 0.1) is 0 Å². The van der Waals surface area contributed by atoms with Gasteiger partial charge in [0.05, 0.1) is 23.7 Å². The number of esters is 1. The Hall–Kier alpha value is -2.47. The lowest BCUT2D eigenvalue weighted by molar-refractivity contribution is -0.140. The van der Waals surface area contributed by atoms with E-state index in [0.717, 1.165) is 0 Å². The summed E-state index contributed by atoms with van der Waals surface area (Å²) < 4.78 is 10.9. The minimum atomic E-state index is -0.842. The number of rotatable bonds is 0. The van der Waals surface area contributed by atoms with Crippen LogP contribution in [0.1, 0.15) is 34.1 Å². The number of ether oxygens (including phenoxy) is 2. The summed E-state index contributed by atoms with van der Waals surface area (Å²) in [7, 11) is 0. The number of ketones is 2. The fourth-order valence-corrected chi connectivity index (χ4v) is 3.41. The monoisotopic (exact) mass is 300 g/mol. The lowest BCUT2D eigenvalue weighted by Gasteiger charge is -2.35. The van der Waals surface area contributed by atoms with E-state index in [1.54, 1.807) is 6.92 Å². The fraction of sp³-hybridized carbons (Fsp3) is 0.312. The quantitative estimate of drug-likeness (QED) is 0.723. The fourth-order valence-electron chi connectivity index (χ4n) is 3.41. The van der Waals surface area contributed by atoms with Crippen LogP contribution in [0.15, 0.2) is 29.3 Å². The molecule has 1 saturated heterocycles. The van der Waals surface area contributed by atoms with E-state index in [-0.39, 0.29) is 40.2 Å². The molecular weight excluding hydrogens is 288 g/mol. The third-order valence-corrected chi connectivity index (χ3v) is 4.33. The number of carbonyl (C=O) groups excluding carboxylic acids is 3. The number of hydrogen-bond acceptors (Lipinski definition) is 6. The zero-order chi connectivity index (χ0) is 15.6. The number of Topliss-reactive ketones (excluding diaryl/α,β-unsaturated/α-hetero) is 2. The normalized spacial score (nSPS) is 29.9. The van der Waals surface area contributed by atoms with Gasteiger partial charge in [-0.3, -0.25) is 14.4 Å². The Bertz CT molecular complexity index is 775. The number of carbonyl (C=O) groups is 3. The Morgan fingerprint density at radius 1 is 1.14 bits per heavy atom. The molecule has 6 nitrogen and oxygen atoms in total. The molecule has 0 radical (unpaired) electrons. The highest BCUT2D eigenvalue weighted by Gasteiger charge is 2.51. The molecule has 0 amide bonds. The van der Waals surface area contributed by atoms with E-state index in [1.807, 2.05) is 0 Å². The van der Waals surface area contributed by atoms with Gasteiger partial charge in [0.1, 0.15) is 11.9 Å². The van der Waals surface area contributed by atoms with Crippen molar-refractivity contribution in [2.24, 2.45) is 0 Å². The third kappa shape index (κ3) is 1.55. The standard InChI is InChI=1S/C16H12O6/c1-6-11-13(16-9(21-6)5-10(18)22-16)14(19)7-3-2-4-8(17)12(7)15(11)20/h2-4,6,9,16-17H,5H2,1H3/t6-,9-,16-/m0/s1. The van der Waals surface area contributed by atoms with E-state index in [4.69, 9.17) is 9.47 Å². The molecule has 4 rings (SSSR count). The number of aromatic hydroxyl groups is 1. The van der Waals surface area contributed by atoms with Gasteiger partial charge in [-0.25, -0.2) is 0 Å². The summed E-state index contributed by atoms with van der Waals surface area (Å²) >= 11 is 0. The van der Waals surface area contributed by atoms with E-state index in [9.17, 15) is 19.5 Å². The van der Waals surface area contributed by atoms with Crippen molar-refractivity contribution in [1.82, 2.24) is 0 Å². The molecule has 3 atom stereocenters. The van der Waals surface area contributed by atoms with Gasteiger partial charge in [-0.15, -0.1) is 0 Å². The van der Waals surface area contributed by atoms with Crippen molar-refractivity contribution in [1.29, 1.82) is 0 Å². The van der Waals surface area contributed by atoms with Crippen LogP contribution in [0.3, 0.4) is 0 Å². The van der Waals surface area contributed by atoms with Crippen LogP contribution in [-0.4, -0.2) is 41.0 Å². The second-order valence-electron chi connectivity index (χ2n) is 5.62. The van der Waals surface area contributed by atoms with Gasteiger partial charge in [0.2, 0.25) is 0 Å². The number of hydrogen-bond donors (Lipinski definition) is 1. The molecule has 1 aromatic rings. The van der Waals surface area contributed by atoms with Gasteiger partial charge in [0, 0.05) is 11.1 Å². The van der Waals surface area contributed by atoms with Crippen LogP contribution < -0.4 is 0 Å². The van der Waals surface area contributed by atoms with Gasteiger partial charge in [-0.2, -0.15) is 0 Å². The molecule has 0 aromatic heterocycles. The molecule has 0 saturated carbocycles. The predicted molar refractivity (Wildman–Crippen MR) is 72.6 cm³/mol. The first-order valence-electron chi connectivity index (χ1n) is 6.99. The largest absolute Gasteiger partial charge is 0.507 e. The molecule has 1 N–H and O–H groups in total. The number of benzene rings is 1. The minimum absolute atomic E-state index is 0.00975. The maximum Gasteiger partial charge on any atom is 0.309 e. The zero-order valence-electron chi connectivity index (χ0n) is 11.7. The Morgan fingerprint density at radius 2 is 1.91 bits per heavy atom. The minimum Gasteiger partial charge on any atom is -0.507 e. The summed E-state index contributed by atoms with van der Waals surface area (Å²) in [6.07, 6.45) is -1.95. The van der Waals surface area contributed by atoms with Crippen LogP contribution in [0.4, 0.5) is 0 Å². The smallest absolute Gasteiger partial charge is 0.309 e. The second-order valence-corrected chi connectivity index (χ2v) is 5.62. The Balaban J connectivity index is 1.95. The average molecular weight is 300 g/mol. The molecule has 112 valence electrons. The summed E-state index contributed by atoms with van der Waals surface area (Å²) in [4.78, 5) is 37.0. The van der Waals surface area contributed by atoms with E-state index < -0.39 is 30.1 Å². The van der Waals surface area contributed by atoms with Crippen molar-refractivity contribution in [2.45, 2.75) is 31.7 Å². The molecule has 1 aromatic carbocycles. The Labute approximate surface area is 125 Å². The van der Waals surface area contributed by atoms with Crippen LogP contribution in [0.25, 0.3) is 0 Å². The average Bonchev–Trinajstić information content (AvgIpc) is 2.83. The van der Waals surface area contributed by atoms with Crippen molar-refractivity contribution in [3.8, 4) is 5.75 Å². The predicted octanol–water partition coefficient (Wildman–Crippen LogP) is 1.17. The SMILES string of the molecule is C[C@@H]1O[C@H]2CC(=O)O[C@@H]2C2=C1C(=O)c1c(O)cccc1C2=O. The maximum absolute atomic E-state index is 12.8. The summed E-state index contributed by atoms with van der Waals surface area (Å²) in [5.74, 6) is -1.52. The molecule has 0 bridgehead atoms. The van der Waals surface area contributed by atoms with Gasteiger partial charge >= 0.3 is 5.97 Å². The van der Waals surface area contributed by atoms with Crippen LogP contribution in [-0.2, 0) is 14.3 Å². The molecule has 22 heavy (non-hydrogen) atoms. The highest BCUT2D eigenvalue weighted by atomic mass is 16.6. The van der Waals surface area contributed by atoms with Gasteiger partial charge in [-0.1, -0.05) is 12.1 Å². The van der Waals surface area contributed by atoms with Gasteiger partial charge in [-0.05, 0) is 13.0 Å².